The number of nitrogens with two attached hydrogens (primary N) is 1. The molecule has 1 aromatic heterocycles. The molecule has 0 unspecified atom stereocenters. The number of nitrogens with one attached hydrogen (secondary N) is 2. The monoisotopic (exact) mass is 208 g/mol. The molecule has 1 saturated carbocycles. The lowest BCUT2D eigenvalue weighted by molar-refractivity contribution is 0.255. The van der Waals surface area contributed by atoms with E-state index in [0.717, 1.165) is 12.8 Å². The van der Waals surface area contributed by atoms with Crippen LogP contribution in [-0.2, 0) is 0 Å². The molecule has 0 aliphatic heterocycles. The number of aliphatic imine (C=N–C) groups is 1. The van der Waals surface area contributed by atoms with Gasteiger partial charge in [0, 0.05) is 6.07 Å². The van der Waals surface area contributed by atoms with E-state index in [1.165, 1.54) is 6.26 Å². The zero-order chi connectivity index (χ0) is 10.7. The molecule has 0 aromatic carbocycles. The van der Waals surface area contributed by atoms with Crippen LogP contribution in [0.15, 0.2) is 27.8 Å². The van der Waals surface area contributed by atoms with Crippen molar-refractivity contribution in [1.29, 1.82) is 0 Å². The lowest BCUT2D eigenvalue weighted by Crippen LogP contribution is -2.39. The Balaban J connectivity index is 1.81. The van der Waals surface area contributed by atoms with Gasteiger partial charge in [-0.1, -0.05) is 0 Å². The molecule has 0 radical (unpaired) electrons. The van der Waals surface area contributed by atoms with E-state index in [-0.39, 0.29) is 12.0 Å². The van der Waals surface area contributed by atoms with E-state index in [4.69, 9.17) is 10.2 Å². The van der Waals surface area contributed by atoms with E-state index in [1.54, 1.807) is 12.1 Å². The Morgan fingerprint density at radius 2 is 2.40 bits per heavy atom. The summed E-state index contributed by atoms with van der Waals surface area (Å²) in [6, 6.07) is 3.14. The smallest absolute Gasteiger partial charge is 0.328 e. The Bertz CT molecular complexity index is 367. The van der Waals surface area contributed by atoms with Crippen molar-refractivity contribution in [2.45, 2.75) is 18.9 Å². The number of urea groups is 1. The standard InChI is InChI=1S/C9H12N4O2/c10-8(11-6-3-4-6)13-9(14)12-7-2-1-5-15-7/h1-2,5-6H,3-4H2,(H4,10,11,12,13,14). The Morgan fingerprint density at radius 1 is 1.60 bits per heavy atom. The first kappa shape index (κ1) is 9.57. The van der Waals surface area contributed by atoms with Crippen LogP contribution in [0.3, 0.4) is 0 Å². The van der Waals surface area contributed by atoms with Crippen molar-refractivity contribution in [2.75, 3.05) is 5.32 Å². The molecule has 80 valence electrons. The van der Waals surface area contributed by atoms with Crippen LogP contribution < -0.4 is 16.4 Å². The van der Waals surface area contributed by atoms with Crippen molar-refractivity contribution < 1.29 is 9.21 Å². The first-order valence-corrected chi connectivity index (χ1v) is 4.69. The number of amides is 2. The zero-order valence-electron chi connectivity index (χ0n) is 8.06. The summed E-state index contributed by atoms with van der Waals surface area (Å²) in [5.41, 5.74) is 5.49. The maximum atomic E-state index is 11.3. The van der Waals surface area contributed by atoms with Gasteiger partial charge in [-0.05, 0) is 18.9 Å². The highest BCUT2D eigenvalue weighted by Gasteiger charge is 2.20. The quantitative estimate of drug-likeness (QED) is 0.497. The predicted molar refractivity (Wildman–Crippen MR) is 55.5 cm³/mol. The summed E-state index contributed by atoms with van der Waals surface area (Å²) in [5, 5.41) is 4.88. The molecule has 1 aliphatic carbocycles. The molecular weight excluding hydrogens is 196 g/mol. The highest BCUT2D eigenvalue weighted by atomic mass is 16.3. The normalized spacial score (nSPS) is 16.1. The predicted octanol–water partition coefficient (Wildman–Crippen LogP) is 0.878. The largest absolute Gasteiger partial charge is 0.449 e. The fraction of sp³-hybridized carbons (Fsp3) is 0.333. The molecule has 2 rings (SSSR count). The van der Waals surface area contributed by atoms with E-state index in [1.807, 2.05) is 0 Å². The number of guanidine groups is 1. The summed E-state index contributed by atoms with van der Waals surface area (Å²) in [7, 11) is 0. The fourth-order valence-electron chi connectivity index (χ4n) is 1.04. The number of anilines is 1. The Kier molecular flexibility index (Phi) is 2.57. The highest BCUT2D eigenvalue weighted by molar-refractivity contribution is 6.01. The molecule has 1 fully saturated rings. The van der Waals surface area contributed by atoms with E-state index in [0.29, 0.717) is 5.88 Å². The molecule has 6 nitrogen and oxygen atoms in total. The average Bonchev–Trinajstić information content (AvgIpc) is 2.80. The second-order valence-electron chi connectivity index (χ2n) is 3.30. The molecule has 6 heteroatoms. The lowest BCUT2D eigenvalue weighted by atomic mass is 10.6. The molecule has 1 aliphatic rings. The Hall–Kier alpha value is -1.98. The maximum Gasteiger partial charge on any atom is 0.328 e. The number of carbonyl (C=O) groups excluding carboxylic acids is 1. The summed E-state index contributed by atoms with van der Waals surface area (Å²) in [6.07, 6.45) is 3.56. The number of carbonyl (C=O) groups is 1. The van der Waals surface area contributed by atoms with Crippen LogP contribution in [0.1, 0.15) is 12.8 Å². The summed E-state index contributed by atoms with van der Waals surface area (Å²) in [5.74, 6) is 0.508. The number of rotatable bonds is 2. The van der Waals surface area contributed by atoms with E-state index in [9.17, 15) is 4.79 Å². The second-order valence-corrected chi connectivity index (χ2v) is 3.30. The van der Waals surface area contributed by atoms with Crippen LogP contribution in [-0.4, -0.2) is 18.0 Å². The molecule has 0 spiro atoms. The number of nitrogens with zero attached hydrogens (tertiary/aromatic N) is 1. The third-order valence-corrected chi connectivity index (χ3v) is 1.87. The van der Waals surface area contributed by atoms with Crippen LogP contribution in [0.5, 0.6) is 0 Å². The van der Waals surface area contributed by atoms with Gasteiger partial charge < -0.3 is 10.2 Å². The van der Waals surface area contributed by atoms with Crippen molar-refractivity contribution in [3.05, 3.63) is 18.4 Å². The van der Waals surface area contributed by atoms with Crippen LogP contribution in [0.4, 0.5) is 10.7 Å². The molecule has 1 aromatic rings. The molecule has 1 heterocycles. The van der Waals surface area contributed by atoms with Crippen LogP contribution in [0.2, 0.25) is 0 Å². The maximum absolute atomic E-state index is 11.3. The lowest BCUT2D eigenvalue weighted by Gasteiger charge is -2.03. The molecule has 0 bridgehead atoms. The summed E-state index contributed by atoms with van der Waals surface area (Å²) in [4.78, 5) is 15.3. The van der Waals surface area contributed by atoms with Gasteiger partial charge in [0.25, 0.3) is 0 Å². The first-order chi connectivity index (χ1) is 7.24. The zero-order valence-corrected chi connectivity index (χ0v) is 8.06. The average molecular weight is 208 g/mol. The Labute approximate surface area is 86.5 Å². The van der Waals surface area contributed by atoms with Gasteiger partial charge in [-0.3, -0.25) is 10.6 Å². The second kappa shape index (κ2) is 4.04. The third kappa shape index (κ3) is 3.01. The van der Waals surface area contributed by atoms with E-state index < -0.39 is 6.03 Å². The van der Waals surface area contributed by atoms with Gasteiger partial charge >= 0.3 is 6.03 Å². The third-order valence-electron chi connectivity index (χ3n) is 1.87. The van der Waals surface area contributed by atoms with Gasteiger partial charge in [0.2, 0.25) is 5.88 Å². The number of furan rings is 1. The molecule has 2 amide bonds. The summed E-state index contributed by atoms with van der Waals surface area (Å²) in [6.45, 7) is 0. The molecule has 4 N–H and O–H groups in total. The SMILES string of the molecule is NC(=NC1CC1)NC(=O)Nc1ccco1. The van der Waals surface area contributed by atoms with Crippen molar-refractivity contribution in [1.82, 2.24) is 5.32 Å². The van der Waals surface area contributed by atoms with Gasteiger partial charge in [-0.15, -0.1) is 0 Å². The fourth-order valence-corrected chi connectivity index (χ4v) is 1.04. The Morgan fingerprint density at radius 3 is 3.00 bits per heavy atom. The first-order valence-electron chi connectivity index (χ1n) is 4.69. The van der Waals surface area contributed by atoms with Crippen molar-refractivity contribution in [2.24, 2.45) is 10.7 Å². The molecule has 0 atom stereocenters. The van der Waals surface area contributed by atoms with Gasteiger partial charge in [-0.25, -0.2) is 9.79 Å². The minimum Gasteiger partial charge on any atom is -0.449 e. The van der Waals surface area contributed by atoms with Crippen LogP contribution >= 0.6 is 0 Å². The van der Waals surface area contributed by atoms with Crippen molar-refractivity contribution in [3.8, 4) is 0 Å². The van der Waals surface area contributed by atoms with Crippen molar-refractivity contribution >= 4 is 17.9 Å². The van der Waals surface area contributed by atoms with Crippen molar-refractivity contribution in [3.63, 3.8) is 0 Å². The molecular formula is C9H12N4O2. The summed E-state index contributed by atoms with van der Waals surface area (Å²) < 4.78 is 4.93. The van der Waals surface area contributed by atoms with Gasteiger partial charge in [0.05, 0.1) is 12.3 Å². The molecule has 15 heavy (non-hydrogen) atoms. The number of hydrogen-bond donors (Lipinski definition) is 3. The minimum absolute atomic E-state index is 0.140. The highest BCUT2D eigenvalue weighted by Crippen LogP contribution is 2.22. The summed E-state index contributed by atoms with van der Waals surface area (Å²) >= 11 is 0. The van der Waals surface area contributed by atoms with E-state index in [2.05, 4.69) is 15.6 Å². The van der Waals surface area contributed by atoms with Gasteiger partial charge in [-0.2, -0.15) is 0 Å². The van der Waals surface area contributed by atoms with Crippen LogP contribution in [0.25, 0.3) is 0 Å². The van der Waals surface area contributed by atoms with E-state index >= 15 is 0 Å². The molecule has 0 saturated heterocycles. The minimum atomic E-state index is -0.452. The van der Waals surface area contributed by atoms with Gasteiger partial charge in [0.15, 0.2) is 5.96 Å². The topological polar surface area (TPSA) is 92.6 Å². The van der Waals surface area contributed by atoms with Gasteiger partial charge in [0.1, 0.15) is 0 Å². The number of hydrogen-bond acceptors (Lipinski definition) is 3. The van der Waals surface area contributed by atoms with Crippen LogP contribution in [0, 0.1) is 0 Å².